The summed E-state index contributed by atoms with van der Waals surface area (Å²) in [4.78, 5) is 26.1. The second-order valence-corrected chi connectivity index (χ2v) is 5.91. The molecule has 1 saturated heterocycles. The zero-order chi connectivity index (χ0) is 17.8. The zero-order valence-corrected chi connectivity index (χ0v) is 13.9. The number of carbonyl (C=O) groups is 2. The van der Waals surface area contributed by atoms with Crippen LogP contribution in [-0.4, -0.2) is 25.5 Å². The Labute approximate surface area is 145 Å². The van der Waals surface area contributed by atoms with E-state index in [2.05, 4.69) is 5.32 Å². The third-order valence-electron chi connectivity index (χ3n) is 4.29. The monoisotopic (exact) mass is 342 g/mol. The van der Waals surface area contributed by atoms with E-state index in [-0.39, 0.29) is 30.6 Å². The van der Waals surface area contributed by atoms with Crippen LogP contribution in [0.15, 0.2) is 48.5 Å². The van der Waals surface area contributed by atoms with Crippen LogP contribution in [0.5, 0.6) is 5.75 Å². The van der Waals surface area contributed by atoms with Crippen LogP contribution in [0.25, 0.3) is 0 Å². The fraction of sp³-hybridized carbons (Fsp3) is 0.263. The Morgan fingerprint density at radius 1 is 1.24 bits per heavy atom. The van der Waals surface area contributed by atoms with E-state index >= 15 is 0 Å². The molecule has 2 amide bonds. The summed E-state index contributed by atoms with van der Waals surface area (Å²) in [5, 5.41) is 2.71. The van der Waals surface area contributed by atoms with Crippen molar-refractivity contribution in [3.8, 4) is 5.75 Å². The zero-order valence-electron chi connectivity index (χ0n) is 13.9. The maximum atomic E-state index is 13.6. The van der Waals surface area contributed by atoms with Gasteiger partial charge in [-0.05, 0) is 30.3 Å². The van der Waals surface area contributed by atoms with Crippen molar-refractivity contribution in [2.45, 2.75) is 13.0 Å². The molecule has 1 aliphatic heterocycles. The predicted octanol–water partition coefficient (Wildman–Crippen LogP) is 2.50. The van der Waals surface area contributed by atoms with Crippen molar-refractivity contribution in [1.82, 2.24) is 5.32 Å². The number of benzene rings is 2. The van der Waals surface area contributed by atoms with Gasteiger partial charge in [0.25, 0.3) is 0 Å². The number of nitrogens with one attached hydrogen (secondary N) is 1. The summed E-state index contributed by atoms with van der Waals surface area (Å²) >= 11 is 0. The molecule has 2 aromatic rings. The van der Waals surface area contributed by atoms with Gasteiger partial charge in [-0.2, -0.15) is 0 Å². The minimum absolute atomic E-state index is 0.101. The number of anilines is 1. The standard InChI is InChI=1S/C19H19FN2O3/c1-25-16-8-6-15(7-9-16)22-12-14(10-18(22)23)19(24)21-11-13-4-2-3-5-17(13)20/h2-9,14H,10-12H2,1H3,(H,21,24). The summed E-state index contributed by atoms with van der Waals surface area (Å²) in [6.07, 6.45) is 0.148. The average molecular weight is 342 g/mol. The Kier molecular flexibility index (Phi) is 4.97. The van der Waals surface area contributed by atoms with Gasteiger partial charge < -0.3 is 15.0 Å². The Hall–Kier alpha value is -2.89. The molecule has 1 unspecified atom stereocenters. The summed E-state index contributed by atoms with van der Waals surface area (Å²) in [6.45, 7) is 0.424. The highest BCUT2D eigenvalue weighted by molar-refractivity contribution is 6.00. The van der Waals surface area contributed by atoms with Gasteiger partial charge in [-0.3, -0.25) is 9.59 Å². The molecule has 0 spiro atoms. The summed E-state index contributed by atoms with van der Waals surface area (Å²) < 4.78 is 18.7. The number of ether oxygens (including phenoxy) is 1. The first-order valence-electron chi connectivity index (χ1n) is 8.04. The number of methoxy groups -OCH3 is 1. The van der Waals surface area contributed by atoms with Gasteiger partial charge in [-0.15, -0.1) is 0 Å². The van der Waals surface area contributed by atoms with E-state index in [4.69, 9.17) is 4.74 Å². The van der Waals surface area contributed by atoms with Crippen molar-refractivity contribution < 1.29 is 18.7 Å². The summed E-state index contributed by atoms with van der Waals surface area (Å²) in [7, 11) is 1.58. The normalized spacial score (nSPS) is 16.8. The van der Waals surface area contributed by atoms with E-state index in [1.54, 1.807) is 54.5 Å². The third-order valence-corrected chi connectivity index (χ3v) is 4.29. The number of hydrogen-bond donors (Lipinski definition) is 1. The van der Waals surface area contributed by atoms with Crippen LogP contribution in [0.4, 0.5) is 10.1 Å². The van der Waals surface area contributed by atoms with Crippen molar-refractivity contribution in [3.05, 3.63) is 59.9 Å². The molecule has 2 aromatic carbocycles. The molecule has 6 heteroatoms. The summed E-state index contributed by atoms with van der Waals surface area (Å²) in [5.74, 6) is -0.440. The number of carbonyl (C=O) groups excluding carboxylic acids is 2. The fourth-order valence-corrected chi connectivity index (χ4v) is 2.86. The van der Waals surface area contributed by atoms with Gasteiger partial charge in [0.2, 0.25) is 11.8 Å². The van der Waals surface area contributed by atoms with Gasteiger partial charge in [0, 0.05) is 30.8 Å². The molecular weight excluding hydrogens is 323 g/mol. The molecule has 1 atom stereocenters. The molecular formula is C19H19FN2O3. The SMILES string of the molecule is COc1ccc(N2CC(C(=O)NCc3ccccc3F)CC2=O)cc1. The number of amides is 2. The highest BCUT2D eigenvalue weighted by Crippen LogP contribution is 2.27. The predicted molar refractivity (Wildman–Crippen MR) is 91.7 cm³/mol. The molecule has 1 heterocycles. The number of nitrogens with zero attached hydrogens (tertiary/aromatic N) is 1. The van der Waals surface area contributed by atoms with E-state index in [9.17, 15) is 14.0 Å². The number of halogens is 1. The quantitative estimate of drug-likeness (QED) is 0.908. The molecule has 3 rings (SSSR count). The van der Waals surface area contributed by atoms with E-state index in [0.29, 0.717) is 17.9 Å². The molecule has 0 aromatic heterocycles. The van der Waals surface area contributed by atoms with Crippen molar-refractivity contribution >= 4 is 17.5 Å². The molecule has 25 heavy (non-hydrogen) atoms. The Morgan fingerprint density at radius 2 is 1.96 bits per heavy atom. The molecule has 1 N–H and O–H groups in total. The molecule has 0 aliphatic carbocycles. The molecule has 1 aliphatic rings. The maximum absolute atomic E-state index is 13.6. The van der Waals surface area contributed by atoms with Gasteiger partial charge in [0.15, 0.2) is 0 Å². The Balaban J connectivity index is 1.61. The highest BCUT2D eigenvalue weighted by atomic mass is 19.1. The van der Waals surface area contributed by atoms with Crippen LogP contribution in [0, 0.1) is 11.7 Å². The third kappa shape index (κ3) is 3.79. The van der Waals surface area contributed by atoms with E-state index in [1.807, 2.05) is 0 Å². The van der Waals surface area contributed by atoms with Gasteiger partial charge in [-0.25, -0.2) is 4.39 Å². The summed E-state index contributed by atoms with van der Waals surface area (Å²) in [6, 6.07) is 13.4. The minimum Gasteiger partial charge on any atom is -0.497 e. The largest absolute Gasteiger partial charge is 0.497 e. The first-order chi connectivity index (χ1) is 12.1. The van der Waals surface area contributed by atoms with E-state index in [1.165, 1.54) is 6.07 Å². The van der Waals surface area contributed by atoms with Gasteiger partial charge in [0.1, 0.15) is 11.6 Å². The van der Waals surface area contributed by atoms with Crippen LogP contribution in [0.3, 0.4) is 0 Å². The van der Waals surface area contributed by atoms with E-state index < -0.39 is 5.92 Å². The van der Waals surface area contributed by atoms with Gasteiger partial charge in [-0.1, -0.05) is 18.2 Å². The van der Waals surface area contributed by atoms with Crippen LogP contribution < -0.4 is 15.0 Å². The second-order valence-electron chi connectivity index (χ2n) is 5.91. The Morgan fingerprint density at radius 3 is 2.64 bits per heavy atom. The lowest BCUT2D eigenvalue weighted by Crippen LogP contribution is -2.32. The van der Waals surface area contributed by atoms with E-state index in [0.717, 1.165) is 5.69 Å². The average Bonchev–Trinajstić information content (AvgIpc) is 3.03. The van der Waals surface area contributed by atoms with Gasteiger partial charge in [0.05, 0.1) is 13.0 Å². The van der Waals surface area contributed by atoms with Crippen LogP contribution >= 0.6 is 0 Å². The van der Waals surface area contributed by atoms with Crippen molar-refractivity contribution in [1.29, 1.82) is 0 Å². The van der Waals surface area contributed by atoms with Crippen LogP contribution in [0.2, 0.25) is 0 Å². The second kappa shape index (κ2) is 7.34. The topological polar surface area (TPSA) is 58.6 Å². The lowest BCUT2D eigenvalue weighted by atomic mass is 10.1. The first kappa shape index (κ1) is 17.0. The minimum atomic E-state index is -0.443. The molecule has 0 radical (unpaired) electrons. The first-order valence-corrected chi connectivity index (χ1v) is 8.04. The van der Waals surface area contributed by atoms with Gasteiger partial charge >= 0.3 is 0 Å². The van der Waals surface area contributed by atoms with Crippen molar-refractivity contribution in [2.24, 2.45) is 5.92 Å². The molecule has 0 saturated carbocycles. The van der Waals surface area contributed by atoms with Crippen molar-refractivity contribution in [3.63, 3.8) is 0 Å². The number of hydrogen-bond acceptors (Lipinski definition) is 3. The van der Waals surface area contributed by atoms with Crippen LogP contribution in [-0.2, 0) is 16.1 Å². The molecule has 0 bridgehead atoms. The highest BCUT2D eigenvalue weighted by Gasteiger charge is 2.35. The summed E-state index contributed by atoms with van der Waals surface area (Å²) in [5.41, 5.74) is 1.15. The molecule has 1 fully saturated rings. The Bertz CT molecular complexity index is 776. The smallest absolute Gasteiger partial charge is 0.227 e. The lowest BCUT2D eigenvalue weighted by Gasteiger charge is -2.17. The molecule has 5 nitrogen and oxygen atoms in total. The molecule has 130 valence electrons. The lowest BCUT2D eigenvalue weighted by molar-refractivity contribution is -0.126. The number of rotatable bonds is 5. The van der Waals surface area contributed by atoms with Crippen LogP contribution in [0.1, 0.15) is 12.0 Å². The fourth-order valence-electron chi connectivity index (χ4n) is 2.86. The van der Waals surface area contributed by atoms with Crippen molar-refractivity contribution in [2.75, 3.05) is 18.6 Å². The maximum Gasteiger partial charge on any atom is 0.227 e.